The van der Waals surface area contributed by atoms with E-state index in [0.717, 1.165) is 98.1 Å². The molecule has 8 aromatic heterocycles. The molecule has 0 unspecified atom stereocenters. The lowest BCUT2D eigenvalue weighted by Gasteiger charge is -2.33. The third-order valence-electron chi connectivity index (χ3n) is 22.0. The lowest BCUT2D eigenvalue weighted by atomic mass is 9.93. The average molecular weight is 2080 g/mol. The van der Waals surface area contributed by atoms with Gasteiger partial charge in [-0.2, -0.15) is 16.8 Å². The lowest BCUT2D eigenvalue weighted by molar-refractivity contribution is 0.0686. The third-order valence-corrected chi connectivity index (χ3v) is 23.5. The van der Waals surface area contributed by atoms with Gasteiger partial charge in [-0.15, -0.1) is 0 Å². The number of anilines is 4. The summed E-state index contributed by atoms with van der Waals surface area (Å²) in [5.74, 6) is 5.66. The number of aromatic amines is 1. The summed E-state index contributed by atoms with van der Waals surface area (Å²) in [7, 11) is 11.0. The van der Waals surface area contributed by atoms with Crippen molar-refractivity contribution in [1.29, 1.82) is 0 Å². The minimum atomic E-state index is -3.65. The SMILES string of the molecule is COc1cc(N)c(C(=O)O)cc1OC.COc1cc(N)c(C(N)=O)cc1OC.COc1cc(NC(=O)c2ccncc2)c(C(N)=O)cc1OC.COc1cc2nc(-c3ccncc3)[nH]c(=O)c2cc1OC.COc1cc2nc(-c3ccncc3)nc(Cl)c2cc1OC.COc1cc2nc(-c3ccncc3)nc(N3CCC(CCNS(N)(=O)=O)CC3)c2cc1OC.NS(=O)(=O)NCCC1CCNCC1.O=C(O)c1ccncc1. The summed E-state index contributed by atoms with van der Waals surface area (Å²) >= 11 is 6.27. The number of piperidine rings is 2. The van der Waals surface area contributed by atoms with Gasteiger partial charge >= 0.3 is 11.9 Å². The summed E-state index contributed by atoms with van der Waals surface area (Å²) in [5.41, 5.74) is 27.5. The number of amides is 3. The van der Waals surface area contributed by atoms with Crippen molar-refractivity contribution in [3.8, 4) is 103 Å². The molecule has 16 rings (SSSR count). The predicted molar refractivity (Wildman–Crippen MR) is 552 cm³/mol. The number of carboxylic acids is 2. The van der Waals surface area contributed by atoms with Crippen molar-refractivity contribution >= 4 is 117 Å². The molecule has 19 N–H and O–H groups in total. The number of aromatic carboxylic acids is 2. The van der Waals surface area contributed by atoms with Crippen LogP contribution in [0.4, 0.5) is 22.9 Å². The van der Waals surface area contributed by atoms with Crippen LogP contribution >= 0.6 is 11.6 Å². The van der Waals surface area contributed by atoms with Gasteiger partial charge in [0, 0.05) is 169 Å². The van der Waals surface area contributed by atoms with Crippen LogP contribution in [0, 0.1) is 11.8 Å². The quantitative estimate of drug-likeness (QED) is 0.0147. The van der Waals surface area contributed by atoms with Crippen LogP contribution in [0.1, 0.15) is 90.3 Å². The zero-order chi connectivity index (χ0) is 107. The minimum Gasteiger partial charge on any atom is -0.493 e. The first-order valence-corrected chi connectivity index (χ1v) is 47.8. The van der Waals surface area contributed by atoms with Crippen molar-refractivity contribution in [3.63, 3.8) is 0 Å². The zero-order valence-corrected chi connectivity index (χ0v) is 84.5. The summed E-state index contributed by atoms with van der Waals surface area (Å²) in [4.78, 5) is 115. The number of nitrogen functional groups attached to an aromatic ring is 2. The third kappa shape index (κ3) is 33.1. The number of primary amides is 2. The number of carboxylic acid groups (broad SMARTS) is 2. The van der Waals surface area contributed by atoms with E-state index in [0.29, 0.717) is 144 Å². The molecule has 0 bridgehead atoms. The molecule has 0 aliphatic carbocycles. The van der Waals surface area contributed by atoms with Crippen LogP contribution in [0.2, 0.25) is 5.15 Å². The van der Waals surface area contributed by atoms with E-state index in [2.05, 4.69) is 69.8 Å². The van der Waals surface area contributed by atoms with E-state index >= 15 is 0 Å². The Morgan fingerprint density at radius 3 is 1.16 bits per heavy atom. The number of methoxy groups -OCH3 is 12. The number of H-pyrrole nitrogens is 1. The van der Waals surface area contributed by atoms with Crippen LogP contribution in [0.25, 0.3) is 66.9 Å². The number of halogens is 1. The first-order valence-electron chi connectivity index (χ1n) is 44.3. The highest BCUT2D eigenvalue weighted by atomic mass is 35.5. The second kappa shape index (κ2) is 55.8. The van der Waals surface area contributed by atoms with Gasteiger partial charge in [-0.05, 0) is 154 Å². The van der Waals surface area contributed by atoms with Gasteiger partial charge in [-0.3, -0.25) is 44.1 Å². The molecule has 147 heavy (non-hydrogen) atoms. The molecule has 14 aromatic rings. The van der Waals surface area contributed by atoms with E-state index < -0.39 is 50.1 Å². The lowest BCUT2D eigenvalue weighted by Crippen LogP contribution is -2.37. The van der Waals surface area contributed by atoms with E-state index in [9.17, 15) is 45.6 Å². The molecule has 10 heterocycles. The molecule has 6 aromatic carbocycles. The highest BCUT2D eigenvalue weighted by molar-refractivity contribution is 7.87. The summed E-state index contributed by atoms with van der Waals surface area (Å²) in [6.45, 7) is 4.50. The van der Waals surface area contributed by atoms with Gasteiger partial charge in [0.2, 0.25) is 0 Å². The van der Waals surface area contributed by atoms with Crippen molar-refractivity contribution in [2.45, 2.75) is 38.5 Å². The topological polar surface area (TPSA) is 674 Å². The summed E-state index contributed by atoms with van der Waals surface area (Å²) in [6, 6.07) is 36.3. The van der Waals surface area contributed by atoms with Gasteiger partial charge in [0.1, 0.15) is 16.8 Å². The van der Waals surface area contributed by atoms with Crippen LogP contribution in [0.3, 0.4) is 0 Å². The number of nitrogens with one attached hydrogen (secondary N) is 5. The van der Waals surface area contributed by atoms with Crippen molar-refractivity contribution in [3.05, 3.63) is 239 Å². The van der Waals surface area contributed by atoms with Crippen molar-refractivity contribution in [2.24, 2.45) is 33.6 Å². The first kappa shape index (κ1) is 114. The number of carbonyl (C=O) groups is 5. The number of pyridine rings is 5. The molecule has 46 nitrogen and oxygen atoms in total. The van der Waals surface area contributed by atoms with E-state index in [1.807, 2.05) is 36.4 Å². The van der Waals surface area contributed by atoms with Gasteiger partial charge < -0.3 is 111 Å². The normalized spacial score (nSPS) is 12.1. The Morgan fingerprint density at radius 2 is 0.748 bits per heavy atom. The Labute approximate surface area is 850 Å². The number of carbonyl (C=O) groups excluding carboxylic acids is 3. The maximum atomic E-state index is 12.2. The van der Waals surface area contributed by atoms with Crippen LogP contribution in [-0.2, 0) is 20.4 Å². The number of rotatable bonds is 30. The monoisotopic (exact) mass is 2080 g/mol. The Morgan fingerprint density at radius 1 is 0.408 bits per heavy atom. The fraction of sp³-hybridized carbons (Fsp3) is 0.265. The van der Waals surface area contributed by atoms with Gasteiger partial charge in [-0.1, -0.05) is 11.6 Å². The molecular formula is C98H113ClN22O24S2. The number of nitrogens with two attached hydrogens (primary N) is 6. The van der Waals surface area contributed by atoms with E-state index in [1.54, 1.807) is 121 Å². The molecule has 2 aliphatic heterocycles. The van der Waals surface area contributed by atoms with Crippen LogP contribution in [0.15, 0.2) is 200 Å². The predicted octanol–water partition coefficient (Wildman–Crippen LogP) is 10.2. The number of fused-ring (bicyclic) bond motifs is 3. The van der Waals surface area contributed by atoms with Crippen molar-refractivity contribution in [2.75, 3.05) is 146 Å². The Hall–Kier alpha value is -16.8. The number of hydrogen-bond donors (Lipinski definition) is 13. The van der Waals surface area contributed by atoms with E-state index in [1.165, 1.54) is 123 Å². The molecule has 2 aliphatic rings. The number of ether oxygens (including phenoxy) is 12. The highest BCUT2D eigenvalue weighted by Crippen LogP contribution is 2.41. The number of hydrogen-bond acceptors (Lipinski definition) is 36. The number of benzene rings is 6. The maximum absolute atomic E-state index is 12.2. The van der Waals surface area contributed by atoms with Gasteiger partial charge in [0.25, 0.3) is 43.7 Å². The Bertz CT molecular complexity index is 7060. The molecule has 0 radical (unpaired) electrons. The van der Waals surface area contributed by atoms with Gasteiger partial charge in [0.15, 0.2) is 80.6 Å². The Balaban J connectivity index is 0.000000192. The largest absolute Gasteiger partial charge is 0.493 e. The molecule has 0 atom stereocenters. The van der Waals surface area contributed by atoms with Crippen molar-refractivity contribution < 1.29 is 108 Å². The average Bonchev–Trinajstić information content (AvgIpc) is 0.781. The molecule has 0 spiro atoms. The van der Waals surface area contributed by atoms with E-state index in [-0.39, 0.29) is 44.9 Å². The van der Waals surface area contributed by atoms with Gasteiger partial charge in [0.05, 0.1) is 141 Å². The fourth-order valence-electron chi connectivity index (χ4n) is 14.5. The number of aromatic nitrogens is 11. The minimum absolute atomic E-state index is 0.00245. The van der Waals surface area contributed by atoms with Gasteiger partial charge in [-0.25, -0.2) is 54.2 Å². The molecule has 778 valence electrons. The fourth-order valence-corrected chi connectivity index (χ4v) is 15.5. The summed E-state index contributed by atoms with van der Waals surface area (Å²) in [6.07, 6.45) is 21.8. The Kier molecular flexibility index (Phi) is 43.2. The molecule has 3 amide bonds. The van der Waals surface area contributed by atoms with E-state index in [4.69, 9.17) is 122 Å². The molecule has 0 saturated carbocycles. The smallest absolute Gasteiger partial charge is 0.337 e. The first-order chi connectivity index (χ1) is 70.5. The summed E-state index contributed by atoms with van der Waals surface area (Å²) < 4.78 is 110. The maximum Gasteiger partial charge on any atom is 0.337 e. The van der Waals surface area contributed by atoms with Crippen molar-refractivity contribution in [1.82, 2.24) is 69.6 Å². The zero-order valence-electron chi connectivity index (χ0n) is 82.1. The molecular weight excluding hydrogens is 1970 g/mol. The summed E-state index contributed by atoms with van der Waals surface area (Å²) in [5, 5.41) is 35.3. The standard InChI is InChI=1S/C22H28N6O4S.C15H12ClN3O2.C15H15N3O4.C15H13N3O3.C9H12N2O3.C9H11NO4.C7H17N3O2S.C6H5NO2/c1-31-19-13-17-18(14-20(19)32-2)26-21(16-4-8-24-9-5-16)27-22(17)28-11-6-15(7-12-28)3-10-25-33(23,29)30;1-20-12-7-10-11(8-13(12)21-2)18-15(19-14(10)16)9-3-5-17-6-4-9;1-21-12-7-10(14(16)19)11(8-13(12)22-2)18-15(20)9-3-5-17-6-4-9;1-20-12-7-10-11(8-13(12)21-2)17-14(18-15(10)19)9-3-5-16-6-4-9;2*1-13-7-3-5(9(11)12)6(10)4-8(7)14-2;8-13(11,12)10-6-3-7-1-4-9-5-2-7;8-6(9)5-1-3-7-4-2-5/h4-5,8-9,13-15,25H,3,6-7,10-12H2,1-2H3,(H2,23,29,30);3-8H,1-2H3;3-8H,1-2H3,(H2,16,19)(H,18,20);3-8H,1-2H3,(H,17,18,19);3-4H,10H2,1-2H3,(H2,11,12);3-4H,10H2,1-2H3,(H,11,12);7,9-10H,1-6H2,(H2,8,11,12);1-4H,(H,8,9). The highest BCUT2D eigenvalue weighted by Gasteiger charge is 2.27. The second-order valence-electron chi connectivity index (χ2n) is 31.2. The van der Waals surface area contributed by atoms with Crippen LogP contribution < -0.4 is 121 Å². The second-order valence-corrected chi connectivity index (χ2v) is 34.3. The van der Waals surface area contributed by atoms with Crippen LogP contribution in [0.5, 0.6) is 69.0 Å². The number of nitrogens with zero attached hydrogens (tertiary/aromatic N) is 11. The van der Waals surface area contributed by atoms with Crippen LogP contribution in [-0.4, -0.2) is 236 Å². The molecule has 49 heteroatoms. The molecule has 2 saturated heterocycles. The molecule has 2 fully saturated rings.